The molecule has 0 spiro atoms. The molecule has 0 saturated heterocycles. The predicted octanol–water partition coefficient (Wildman–Crippen LogP) is 2.73. The van der Waals surface area contributed by atoms with E-state index in [-0.39, 0.29) is 6.10 Å². The normalized spacial score (nSPS) is 13.1. The summed E-state index contributed by atoms with van der Waals surface area (Å²) in [4.78, 5) is 4.31. The van der Waals surface area contributed by atoms with Gasteiger partial charge in [-0.05, 0) is 31.5 Å². The minimum Gasteiger partial charge on any atom is -0.438 e. The molecule has 4 nitrogen and oxygen atoms in total. The first-order valence-electron chi connectivity index (χ1n) is 5.45. The Bertz CT molecular complexity index is 479. The molecule has 0 fully saturated rings. The van der Waals surface area contributed by atoms with Crippen molar-refractivity contribution >= 4 is 16.8 Å². The van der Waals surface area contributed by atoms with Crippen molar-refractivity contribution in [2.75, 3.05) is 5.73 Å². The van der Waals surface area contributed by atoms with Crippen LogP contribution in [0.4, 0.5) is 5.69 Å². The lowest BCUT2D eigenvalue weighted by Gasteiger charge is -2.07. The molecule has 2 N–H and O–H groups in total. The molecule has 1 atom stereocenters. The molecule has 0 aliphatic rings. The Morgan fingerprint density at radius 3 is 3.06 bits per heavy atom. The Balaban J connectivity index is 2.13. The number of anilines is 1. The second-order valence-electron chi connectivity index (χ2n) is 3.86. The zero-order valence-corrected chi connectivity index (χ0v) is 9.56. The van der Waals surface area contributed by atoms with Gasteiger partial charge in [-0.25, -0.2) is 4.98 Å². The molecule has 1 heterocycles. The van der Waals surface area contributed by atoms with Gasteiger partial charge in [-0.3, -0.25) is 0 Å². The SMILES string of the molecule is CCC(C)OCc1nc2cc(N)ccc2o1. The Morgan fingerprint density at radius 2 is 2.31 bits per heavy atom. The van der Waals surface area contributed by atoms with Crippen molar-refractivity contribution in [3.05, 3.63) is 24.1 Å². The predicted molar refractivity (Wildman–Crippen MR) is 63.0 cm³/mol. The smallest absolute Gasteiger partial charge is 0.221 e. The van der Waals surface area contributed by atoms with Gasteiger partial charge >= 0.3 is 0 Å². The first kappa shape index (κ1) is 11.0. The van der Waals surface area contributed by atoms with Gasteiger partial charge in [0.1, 0.15) is 12.1 Å². The van der Waals surface area contributed by atoms with Crippen molar-refractivity contribution < 1.29 is 9.15 Å². The van der Waals surface area contributed by atoms with Crippen LogP contribution in [0.3, 0.4) is 0 Å². The van der Waals surface area contributed by atoms with Crippen LogP contribution in [-0.2, 0) is 11.3 Å². The van der Waals surface area contributed by atoms with Gasteiger partial charge in [0.2, 0.25) is 5.89 Å². The largest absolute Gasteiger partial charge is 0.438 e. The van der Waals surface area contributed by atoms with Crippen LogP contribution in [0.5, 0.6) is 0 Å². The zero-order chi connectivity index (χ0) is 11.5. The van der Waals surface area contributed by atoms with E-state index in [0.717, 1.165) is 17.5 Å². The van der Waals surface area contributed by atoms with Crippen LogP contribution in [0.15, 0.2) is 22.6 Å². The van der Waals surface area contributed by atoms with Gasteiger partial charge in [-0.2, -0.15) is 0 Å². The maximum absolute atomic E-state index is 5.66. The first-order chi connectivity index (χ1) is 7.69. The van der Waals surface area contributed by atoms with E-state index in [9.17, 15) is 0 Å². The lowest BCUT2D eigenvalue weighted by molar-refractivity contribution is 0.0388. The molecule has 0 radical (unpaired) electrons. The highest BCUT2D eigenvalue weighted by Crippen LogP contribution is 2.19. The molecule has 1 unspecified atom stereocenters. The highest BCUT2D eigenvalue weighted by molar-refractivity contribution is 5.76. The molecule has 2 aromatic rings. The number of rotatable bonds is 4. The van der Waals surface area contributed by atoms with E-state index in [1.165, 1.54) is 0 Å². The highest BCUT2D eigenvalue weighted by Gasteiger charge is 2.07. The Morgan fingerprint density at radius 1 is 1.50 bits per heavy atom. The molecule has 2 rings (SSSR count). The summed E-state index contributed by atoms with van der Waals surface area (Å²) < 4.78 is 11.1. The average molecular weight is 220 g/mol. The average Bonchev–Trinajstić information content (AvgIpc) is 2.67. The molecular weight excluding hydrogens is 204 g/mol. The van der Waals surface area contributed by atoms with Crippen LogP contribution in [0.1, 0.15) is 26.2 Å². The van der Waals surface area contributed by atoms with Crippen LogP contribution in [0.25, 0.3) is 11.1 Å². The fourth-order valence-corrected chi connectivity index (χ4v) is 1.39. The van der Waals surface area contributed by atoms with E-state index >= 15 is 0 Å². The standard InChI is InChI=1S/C12H16N2O2/c1-3-8(2)15-7-12-14-10-6-9(13)4-5-11(10)16-12/h4-6,8H,3,7,13H2,1-2H3. The topological polar surface area (TPSA) is 61.3 Å². The number of benzene rings is 1. The number of nitrogen functional groups attached to an aromatic ring is 1. The second-order valence-corrected chi connectivity index (χ2v) is 3.86. The summed E-state index contributed by atoms with van der Waals surface area (Å²) in [6.07, 6.45) is 1.20. The van der Waals surface area contributed by atoms with Gasteiger partial charge in [-0.1, -0.05) is 6.92 Å². The lowest BCUT2D eigenvalue weighted by atomic mass is 10.3. The zero-order valence-electron chi connectivity index (χ0n) is 9.56. The van der Waals surface area contributed by atoms with Crippen molar-refractivity contribution in [3.63, 3.8) is 0 Å². The van der Waals surface area contributed by atoms with Gasteiger partial charge in [-0.15, -0.1) is 0 Å². The molecule has 1 aromatic carbocycles. The molecule has 0 bridgehead atoms. The minimum absolute atomic E-state index is 0.222. The van der Waals surface area contributed by atoms with Crippen molar-refractivity contribution in [3.8, 4) is 0 Å². The van der Waals surface area contributed by atoms with Crippen molar-refractivity contribution in [2.24, 2.45) is 0 Å². The van der Waals surface area contributed by atoms with Crippen molar-refractivity contribution in [2.45, 2.75) is 33.0 Å². The van der Waals surface area contributed by atoms with Crippen LogP contribution < -0.4 is 5.73 Å². The van der Waals surface area contributed by atoms with E-state index in [2.05, 4.69) is 11.9 Å². The Hall–Kier alpha value is -1.55. The summed E-state index contributed by atoms with van der Waals surface area (Å²) in [6.45, 7) is 4.52. The third-order valence-corrected chi connectivity index (χ3v) is 2.52. The van der Waals surface area contributed by atoms with Gasteiger partial charge in [0.05, 0.1) is 6.10 Å². The quantitative estimate of drug-likeness (QED) is 0.805. The third kappa shape index (κ3) is 2.33. The van der Waals surface area contributed by atoms with Gasteiger partial charge in [0, 0.05) is 5.69 Å². The number of nitrogens with zero attached hydrogens (tertiary/aromatic N) is 1. The summed E-state index contributed by atoms with van der Waals surface area (Å²) >= 11 is 0. The Labute approximate surface area is 94.4 Å². The molecule has 1 aromatic heterocycles. The van der Waals surface area contributed by atoms with Crippen LogP contribution in [0, 0.1) is 0 Å². The van der Waals surface area contributed by atoms with Crippen LogP contribution >= 0.6 is 0 Å². The number of fused-ring (bicyclic) bond motifs is 1. The molecule has 0 saturated carbocycles. The van der Waals surface area contributed by atoms with Crippen molar-refractivity contribution in [1.29, 1.82) is 0 Å². The molecule has 0 amide bonds. The monoisotopic (exact) mass is 220 g/mol. The first-order valence-corrected chi connectivity index (χ1v) is 5.45. The third-order valence-electron chi connectivity index (χ3n) is 2.52. The fraction of sp³-hybridized carbons (Fsp3) is 0.417. The van der Waals surface area contributed by atoms with Gasteiger partial charge < -0.3 is 14.9 Å². The lowest BCUT2D eigenvalue weighted by Crippen LogP contribution is -2.06. The maximum Gasteiger partial charge on any atom is 0.221 e. The fourth-order valence-electron chi connectivity index (χ4n) is 1.39. The molecule has 4 heteroatoms. The van der Waals surface area contributed by atoms with Crippen molar-refractivity contribution in [1.82, 2.24) is 4.98 Å². The summed E-state index contributed by atoms with van der Waals surface area (Å²) in [5.74, 6) is 0.598. The molecule has 0 aliphatic carbocycles. The van der Waals surface area contributed by atoms with Crippen LogP contribution in [0.2, 0.25) is 0 Å². The summed E-state index contributed by atoms with van der Waals surface area (Å²) in [5, 5.41) is 0. The number of nitrogens with two attached hydrogens (primary N) is 1. The van der Waals surface area contributed by atoms with E-state index in [4.69, 9.17) is 14.9 Å². The van der Waals surface area contributed by atoms with E-state index < -0.39 is 0 Å². The van der Waals surface area contributed by atoms with Gasteiger partial charge in [0.25, 0.3) is 0 Å². The minimum atomic E-state index is 0.222. The van der Waals surface area contributed by atoms with Gasteiger partial charge in [0.15, 0.2) is 5.58 Å². The highest BCUT2D eigenvalue weighted by atomic mass is 16.5. The molecule has 0 aliphatic heterocycles. The van der Waals surface area contributed by atoms with E-state index in [1.54, 1.807) is 12.1 Å². The van der Waals surface area contributed by atoms with Crippen LogP contribution in [-0.4, -0.2) is 11.1 Å². The number of aromatic nitrogens is 1. The number of ether oxygens (including phenoxy) is 1. The molecule has 16 heavy (non-hydrogen) atoms. The number of oxazole rings is 1. The number of hydrogen-bond acceptors (Lipinski definition) is 4. The summed E-state index contributed by atoms with van der Waals surface area (Å²) in [6, 6.07) is 5.42. The maximum atomic E-state index is 5.66. The summed E-state index contributed by atoms with van der Waals surface area (Å²) in [7, 11) is 0. The van der Waals surface area contributed by atoms with E-state index in [0.29, 0.717) is 18.2 Å². The molecule has 86 valence electrons. The van der Waals surface area contributed by atoms with E-state index in [1.807, 2.05) is 13.0 Å². The second kappa shape index (κ2) is 4.53. The molecular formula is C12H16N2O2. The Kier molecular flexibility index (Phi) is 3.10. The summed E-state index contributed by atoms with van der Waals surface area (Å²) in [5.41, 5.74) is 7.88. The number of hydrogen-bond donors (Lipinski definition) is 1.